The van der Waals surface area contributed by atoms with Crippen LogP contribution < -0.4 is 10.0 Å². The second kappa shape index (κ2) is 7.10. The molecule has 0 aromatic heterocycles. The second-order valence-electron chi connectivity index (χ2n) is 3.96. The third kappa shape index (κ3) is 5.71. The van der Waals surface area contributed by atoms with E-state index in [1.165, 1.54) is 0 Å². The predicted octanol–water partition coefficient (Wildman–Crippen LogP) is 1.16. The molecule has 0 saturated carbocycles. The van der Waals surface area contributed by atoms with Gasteiger partial charge in [-0.1, -0.05) is 0 Å². The molecule has 0 fully saturated rings. The number of carbonyl (C=O) groups excluding carboxylic acids is 1. The fourth-order valence-electron chi connectivity index (χ4n) is 1.34. The minimum atomic E-state index is -3.29. The van der Waals surface area contributed by atoms with Gasteiger partial charge >= 0.3 is 0 Å². The molecule has 1 rings (SSSR count). The Labute approximate surface area is 112 Å². The van der Waals surface area contributed by atoms with Crippen molar-refractivity contribution in [3.8, 4) is 0 Å². The monoisotopic (exact) mass is 286 g/mol. The SMILES string of the molecule is CCS(=O)(=O)Nc1ccc(NC(=O)CCCO)cc1. The van der Waals surface area contributed by atoms with Crippen LogP contribution in [0.15, 0.2) is 24.3 Å². The van der Waals surface area contributed by atoms with Crippen LogP contribution in [0.25, 0.3) is 0 Å². The van der Waals surface area contributed by atoms with E-state index in [4.69, 9.17) is 5.11 Å². The number of hydrogen-bond donors (Lipinski definition) is 3. The smallest absolute Gasteiger partial charge is 0.232 e. The molecule has 0 radical (unpaired) electrons. The van der Waals surface area contributed by atoms with Gasteiger partial charge in [-0.15, -0.1) is 0 Å². The summed E-state index contributed by atoms with van der Waals surface area (Å²) in [4.78, 5) is 11.4. The van der Waals surface area contributed by atoms with Crippen LogP contribution in [0.5, 0.6) is 0 Å². The van der Waals surface area contributed by atoms with E-state index in [0.717, 1.165) is 0 Å². The zero-order valence-corrected chi connectivity index (χ0v) is 11.5. The van der Waals surface area contributed by atoms with Crippen LogP contribution in [0.1, 0.15) is 19.8 Å². The highest BCUT2D eigenvalue weighted by molar-refractivity contribution is 7.92. The normalized spacial score (nSPS) is 11.1. The van der Waals surface area contributed by atoms with Crippen molar-refractivity contribution in [3.05, 3.63) is 24.3 Å². The lowest BCUT2D eigenvalue weighted by molar-refractivity contribution is -0.116. The molecule has 7 heteroatoms. The number of benzene rings is 1. The first-order valence-corrected chi connectivity index (χ1v) is 7.63. The summed E-state index contributed by atoms with van der Waals surface area (Å²) in [5, 5.41) is 11.3. The van der Waals surface area contributed by atoms with E-state index in [2.05, 4.69) is 10.0 Å². The lowest BCUT2D eigenvalue weighted by Gasteiger charge is -2.08. The van der Waals surface area contributed by atoms with E-state index in [0.29, 0.717) is 17.8 Å². The first-order valence-electron chi connectivity index (χ1n) is 5.98. The molecule has 0 spiro atoms. The van der Waals surface area contributed by atoms with E-state index in [1.54, 1.807) is 31.2 Å². The van der Waals surface area contributed by atoms with Crippen LogP contribution >= 0.6 is 0 Å². The Hall–Kier alpha value is -1.60. The molecule has 19 heavy (non-hydrogen) atoms. The van der Waals surface area contributed by atoms with Crippen molar-refractivity contribution < 1.29 is 18.3 Å². The number of hydrogen-bond acceptors (Lipinski definition) is 4. The summed E-state index contributed by atoms with van der Waals surface area (Å²) in [5.41, 5.74) is 1.04. The summed E-state index contributed by atoms with van der Waals surface area (Å²) in [6.45, 7) is 1.53. The van der Waals surface area contributed by atoms with Gasteiger partial charge in [-0.3, -0.25) is 9.52 Å². The average Bonchev–Trinajstić information content (AvgIpc) is 2.38. The van der Waals surface area contributed by atoms with Crippen LogP contribution in [-0.2, 0) is 14.8 Å². The minimum absolute atomic E-state index is 0.00659. The number of amides is 1. The predicted molar refractivity (Wildman–Crippen MR) is 74.5 cm³/mol. The standard InChI is InChI=1S/C12H18N2O4S/c1-2-19(17,18)14-11-7-5-10(6-8-11)13-12(16)4-3-9-15/h5-8,14-15H,2-4,9H2,1H3,(H,13,16). The van der Waals surface area contributed by atoms with Gasteiger partial charge in [0.15, 0.2) is 0 Å². The molecule has 0 heterocycles. The summed E-state index contributed by atoms with van der Waals surface area (Å²) >= 11 is 0. The number of anilines is 2. The maximum absolute atomic E-state index is 11.4. The Kier molecular flexibility index (Phi) is 5.78. The number of rotatable bonds is 7. The maximum Gasteiger partial charge on any atom is 0.232 e. The molecule has 0 atom stereocenters. The fraction of sp³-hybridized carbons (Fsp3) is 0.417. The molecule has 1 aromatic carbocycles. The molecule has 3 N–H and O–H groups in total. The van der Waals surface area contributed by atoms with E-state index >= 15 is 0 Å². The highest BCUT2D eigenvalue weighted by atomic mass is 32.2. The Morgan fingerprint density at radius 1 is 1.21 bits per heavy atom. The van der Waals surface area contributed by atoms with E-state index in [-0.39, 0.29) is 24.7 Å². The van der Waals surface area contributed by atoms with E-state index < -0.39 is 10.0 Å². The molecular formula is C12H18N2O4S. The molecule has 106 valence electrons. The number of sulfonamides is 1. The van der Waals surface area contributed by atoms with Crippen LogP contribution in [0.2, 0.25) is 0 Å². The van der Waals surface area contributed by atoms with Gasteiger partial charge in [-0.05, 0) is 37.6 Å². The molecule has 0 aliphatic rings. The summed E-state index contributed by atoms with van der Waals surface area (Å²) in [5.74, 6) is -0.178. The molecule has 0 bridgehead atoms. The van der Waals surface area contributed by atoms with Crippen molar-refractivity contribution in [2.24, 2.45) is 0 Å². The van der Waals surface area contributed by atoms with E-state index in [1.807, 2.05) is 0 Å². The van der Waals surface area contributed by atoms with Gasteiger partial charge < -0.3 is 10.4 Å². The highest BCUT2D eigenvalue weighted by Crippen LogP contribution is 2.15. The fourth-order valence-corrected chi connectivity index (χ4v) is 1.98. The molecule has 1 aromatic rings. The Morgan fingerprint density at radius 3 is 2.32 bits per heavy atom. The lowest BCUT2D eigenvalue weighted by Crippen LogP contribution is -2.15. The van der Waals surface area contributed by atoms with Crippen molar-refractivity contribution in [2.45, 2.75) is 19.8 Å². The van der Waals surface area contributed by atoms with Gasteiger partial charge in [0.2, 0.25) is 15.9 Å². The summed E-state index contributed by atoms with van der Waals surface area (Å²) < 4.78 is 25.1. The average molecular weight is 286 g/mol. The lowest BCUT2D eigenvalue weighted by atomic mass is 10.2. The Morgan fingerprint density at radius 2 is 1.79 bits per heavy atom. The zero-order chi connectivity index (χ0) is 14.3. The number of nitrogens with one attached hydrogen (secondary N) is 2. The largest absolute Gasteiger partial charge is 0.396 e. The van der Waals surface area contributed by atoms with Gasteiger partial charge in [0.25, 0.3) is 0 Å². The van der Waals surface area contributed by atoms with Crippen molar-refractivity contribution in [1.29, 1.82) is 0 Å². The third-order valence-corrected chi connectivity index (χ3v) is 3.69. The number of carbonyl (C=O) groups is 1. The van der Waals surface area contributed by atoms with Gasteiger partial charge in [0, 0.05) is 24.4 Å². The van der Waals surface area contributed by atoms with Gasteiger partial charge in [-0.2, -0.15) is 0 Å². The van der Waals surface area contributed by atoms with Crippen molar-refractivity contribution in [2.75, 3.05) is 22.4 Å². The van der Waals surface area contributed by atoms with E-state index in [9.17, 15) is 13.2 Å². The zero-order valence-electron chi connectivity index (χ0n) is 10.7. The van der Waals surface area contributed by atoms with Crippen molar-refractivity contribution in [3.63, 3.8) is 0 Å². The summed E-state index contributed by atoms with van der Waals surface area (Å²) in [6.07, 6.45) is 0.668. The molecule has 0 unspecified atom stereocenters. The topological polar surface area (TPSA) is 95.5 Å². The molecule has 6 nitrogen and oxygen atoms in total. The number of aliphatic hydroxyl groups is 1. The van der Waals surface area contributed by atoms with Crippen LogP contribution in [0.3, 0.4) is 0 Å². The molecule has 1 amide bonds. The summed E-state index contributed by atoms with van der Waals surface area (Å²) in [6, 6.07) is 6.39. The Balaban J connectivity index is 2.59. The third-order valence-electron chi connectivity index (χ3n) is 2.38. The number of aliphatic hydroxyl groups excluding tert-OH is 1. The molecule has 0 aliphatic heterocycles. The minimum Gasteiger partial charge on any atom is -0.396 e. The van der Waals surface area contributed by atoms with Crippen LogP contribution in [0, 0.1) is 0 Å². The molecular weight excluding hydrogens is 268 g/mol. The second-order valence-corrected chi connectivity index (χ2v) is 5.97. The highest BCUT2D eigenvalue weighted by Gasteiger charge is 2.07. The van der Waals surface area contributed by atoms with Gasteiger partial charge in [-0.25, -0.2) is 8.42 Å². The maximum atomic E-state index is 11.4. The first-order chi connectivity index (χ1) is 8.96. The Bertz CT molecular complexity index is 511. The molecule has 0 saturated heterocycles. The summed E-state index contributed by atoms with van der Waals surface area (Å²) in [7, 11) is -3.29. The molecule has 0 aliphatic carbocycles. The van der Waals surface area contributed by atoms with Gasteiger partial charge in [0.05, 0.1) is 5.75 Å². The van der Waals surface area contributed by atoms with Crippen molar-refractivity contribution in [1.82, 2.24) is 0 Å². The quantitative estimate of drug-likeness (QED) is 0.701. The first kappa shape index (κ1) is 15.5. The van der Waals surface area contributed by atoms with Crippen LogP contribution in [-0.4, -0.2) is 31.8 Å². The van der Waals surface area contributed by atoms with Gasteiger partial charge in [0.1, 0.15) is 0 Å². The van der Waals surface area contributed by atoms with Crippen LogP contribution in [0.4, 0.5) is 11.4 Å². The van der Waals surface area contributed by atoms with Crippen molar-refractivity contribution >= 4 is 27.3 Å².